The van der Waals surface area contributed by atoms with Crippen molar-refractivity contribution in [2.45, 2.75) is 18.4 Å². The second kappa shape index (κ2) is 10.4. The van der Waals surface area contributed by atoms with E-state index in [1.807, 2.05) is 72.4 Å². The molecule has 3 aromatic rings. The Hall–Kier alpha value is -2.93. The Morgan fingerprint density at radius 1 is 1.11 bits per heavy atom. The van der Waals surface area contributed by atoms with Crippen molar-refractivity contribution in [3.8, 4) is 11.5 Å². The second-order valence-corrected chi connectivity index (χ2v) is 6.94. The van der Waals surface area contributed by atoms with E-state index in [0.717, 1.165) is 10.6 Å². The molecule has 6 nitrogen and oxygen atoms in total. The van der Waals surface area contributed by atoms with E-state index >= 15 is 0 Å². The third-order valence-electron chi connectivity index (χ3n) is 3.77. The maximum Gasteiger partial charge on any atom is 0.234 e. The highest BCUT2D eigenvalue weighted by molar-refractivity contribution is 8.00. The van der Waals surface area contributed by atoms with Crippen LogP contribution < -0.4 is 14.8 Å². The molecule has 0 aliphatic heterocycles. The molecule has 0 saturated heterocycles. The normalized spacial score (nSPS) is 10.5. The van der Waals surface area contributed by atoms with Gasteiger partial charge in [-0.3, -0.25) is 9.48 Å². The quantitative estimate of drug-likeness (QED) is 0.522. The summed E-state index contributed by atoms with van der Waals surface area (Å²) in [7, 11) is 0. The lowest BCUT2D eigenvalue weighted by Crippen LogP contribution is -2.14. The molecule has 0 atom stereocenters. The van der Waals surface area contributed by atoms with Crippen LogP contribution in [0.4, 0.5) is 5.69 Å². The highest BCUT2D eigenvalue weighted by atomic mass is 32.2. The molecule has 1 N–H and O–H groups in total. The van der Waals surface area contributed by atoms with Gasteiger partial charge in [0.1, 0.15) is 18.1 Å². The first-order chi connectivity index (χ1) is 13.7. The lowest BCUT2D eigenvalue weighted by atomic mass is 10.3. The molecule has 146 valence electrons. The molecule has 0 fully saturated rings. The molecule has 0 saturated carbocycles. The Bertz CT molecular complexity index is 867. The Morgan fingerprint density at radius 3 is 2.71 bits per heavy atom. The SMILES string of the molecule is CCOc1ccc(SCC(=O)Nc2cccc(OCCn3cccn3)c2)cc1. The van der Waals surface area contributed by atoms with Gasteiger partial charge in [0.15, 0.2) is 0 Å². The van der Waals surface area contributed by atoms with Crippen LogP contribution in [0.5, 0.6) is 11.5 Å². The largest absolute Gasteiger partial charge is 0.494 e. The van der Waals surface area contributed by atoms with Crippen LogP contribution in [0.15, 0.2) is 71.9 Å². The molecule has 1 aromatic heterocycles. The van der Waals surface area contributed by atoms with Crippen molar-refractivity contribution in [1.82, 2.24) is 9.78 Å². The molecule has 2 aromatic carbocycles. The number of hydrogen-bond donors (Lipinski definition) is 1. The highest BCUT2D eigenvalue weighted by Crippen LogP contribution is 2.22. The van der Waals surface area contributed by atoms with Crippen LogP contribution in [0.3, 0.4) is 0 Å². The number of amides is 1. The van der Waals surface area contributed by atoms with Gasteiger partial charge in [-0.05, 0) is 49.4 Å². The molecular weight excluding hydrogens is 374 g/mol. The molecule has 1 amide bonds. The number of ether oxygens (including phenoxy) is 2. The predicted octanol–water partition coefficient (Wildman–Crippen LogP) is 4.09. The molecule has 0 aliphatic carbocycles. The minimum atomic E-state index is -0.0624. The predicted molar refractivity (Wildman–Crippen MR) is 111 cm³/mol. The number of anilines is 1. The number of carbonyl (C=O) groups is 1. The van der Waals surface area contributed by atoms with Crippen LogP contribution in [-0.2, 0) is 11.3 Å². The lowest BCUT2D eigenvalue weighted by molar-refractivity contribution is -0.113. The Kier molecular flexibility index (Phi) is 7.37. The van der Waals surface area contributed by atoms with Gasteiger partial charge in [0, 0.05) is 29.0 Å². The second-order valence-electron chi connectivity index (χ2n) is 5.89. The minimum absolute atomic E-state index is 0.0624. The summed E-state index contributed by atoms with van der Waals surface area (Å²) >= 11 is 1.48. The van der Waals surface area contributed by atoms with Gasteiger partial charge in [0.25, 0.3) is 0 Å². The van der Waals surface area contributed by atoms with Gasteiger partial charge in [-0.15, -0.1) is 11.8 Å². The summed E-state index contributed by atoms with van der Waals surface area (Å²) in [5, 5.41) is 7.04. The topological polar surface area (TPSA) is 65.4 Å². The van der Waals surface area contributed by atoms with Crippen molar-refractivity contribution in [2.75, 3.05) is 24.3 Å². The summed E-state index contributed by atoms with van der Waals surface area (Å²) in [6.45, 7) is 3.77. The number of benzene rings is 2. The van der Waals surface area contributed by atoms with Gasteiger partial charge in [0.2, 0.25) is 5.91 Å². The highest BCUT2D eigenvalue weighted by Gasteiger charge is 2.05. The van der Waals surface area contributed by atoms with Crippen molar-refractivity contribution in [3.63, 3.8) is 0 Å². The molecule has 0 spiro atoms. The molecule has 0 unspecified atom stereocenters. The van der Waals surface area contributed by atoms with E-state index in [1.54, 1.807) is 6.20 Å². The third kappa shape index (κ3) is 6.35. The summed E-state index contributed by atoms with van der Waals surface area (Å²) in [6.07, 6.45) is 3.63. The van der Waals surface area contributed by atoms with Crippen LogP contribution in [0.1, 0.15) is 6.92 Å². The number of nitrogens with one attached hydrogen (secondary N) is 1. The molecule has 28 heavy (non-hydrogen) atoms. The zero-order valence-corrected chi connectivity index (χ0v) is 16.5. The zero-order chi connectivity index (χ0) is 19.6. The molecule has 0 radical (unpaired) electrons. The van der Waals surface area contributed by atoms with Gasteiger partial charge in [0.05, 0.1) is 18.9 Å². The maximum absolute atomic E-state index is 12.2. The first kappa shape index (κ1) is 19.8. The number of hydrogen-bond acceptors (Lipinski definition) is 5. The van der Waals surface area contributed by atoms with Gasteiger partial charge in [-0.25, -0.2) is 0 Å². The van der Waals surface area contributed by atoms with Crippen LogP contribution in [-0.4, -0.2) is 34.7 Å². The number of nitrogens with zero attached hydrogens (tertiary/aromatic N) is 2. The Morgan fingerprint density at radius 2 is 1.96 bits per heavy atom. The average molecular weight is 398 g/mol. The van der Waals surface area contributed by atoms with Gasteiger partial charge in [-0.2, -0.15) is 5.10 Å². The first-order valence-corrected chi connectivity index (χ1v) is 10.1. The van der Waals surface area contributed by atoms with Crippen molar-refractivity contribution in [2.24, 2.45) is 0 Å². The maximum atomic E-state index is 12.2. The number of aromatic nitrogens is 2. The monoisotopic (exact) mass is 397 g/mol. The molecule has 1 heterocycles. The van der Waals surface area contributed by atoms with E-state index in [9.17, 15) is 4.79 Å². The lowest BCUT2D eigenvalue weighted by Gasteiger charge is -2.09. The zero-order valence-electron chi connectivity index (χ0n) is 15.7. The fraction of sp³-hybridized carbons (Fsp3) is 0.238. The molecule has 0 aliphatic rings. The van der Waals surface area contributed by atoms with Crippen LogP contribution in [0.25, 0.3) is 0 Å². The molecule has 3 rings (SSSR count). The van der Waals surface area contributed by atoms with E-state index in [4.69, 9.17) is 9.47 Å². The van der Waals surface area contributed by atoms with Gasteiger partial charge >= 0.3 is 0 Å². The summed E-state index contributed by atoms with van der Waals surface area (Å²) in [4.78, 5) is 13.2. The summed E-state index contributed by atoms with van der Waals surface area (Å²) in [5.74, 6) is 1.82. The molecule has 7 heteroatoms. The minimum Gasteiger partial charge on any atom is -0.494 e. The van der Waals surface area contributed by atoms with Crippen molar-refractivity contribution in [1.29, 1.82) is 0 Å². The van der Waals surface area contributed by atoms with E-state index in [-0.39, 0.29) is 5.91 Å². The van der Waals surface area contributed by atoms with Crippen LogP contribution >= 0.6 is 11.8 Å². The van der Waals surface area contributed by atoms with Gasteiger partial charge < -0.3 is 14.8 Å². The molecular formula is C21H23N3O3S. The molecule has 0 bridgehead atoms. The summed E-state index contributed by atoms with van der Waals surface area (Å²) in [6, 6.07) is 17.0. The summed E-state index contributed by atoms with van der Waals surface area (Å²) in [5.41, 5.74) is 0.717. The van der Waals surface area contributed by atoms with E-state index < -0.39 is 0 Å². The Labute approximate surface area is 168 Å². The Balaban J connectivity index is 1.44. The van der Waals surface area contributed by atoms with Crippen LogP contribution in [0.2, 0.25) is 0 Å². The summed E-state index contributed by atoms with van der Waals surface area (Å²) < 4.78 is 13.0. The smallest absolute Gasteiger partial charge is 0.234 e. The number of thioether (sulfide) groups is 1. The fourth-order valence-corrected chi connectivity index (χ4v) is 3.20. The van der Waals surface area contributed by atoms with E-state index in [0.29, 0.717) is 36.9 Å². The third-order valence-corrected chi connectivity index (χ3v) is 4.78. The van der Waals surface area contributed by atoms with Gasteiger partial charge in [-0.1, -0.05) is 6.07 Å². The standard InChI is InChI=1S/C21H23N3O3S/c1-2-26-18-7-9-20(10-8-18)28-16-21(25)23-17-5-3-6-19(15-17)27-14-13-24-12-4-11-22-24/h3-12,15H,2,13-14,16H2,1H3,(H,23,25). The fourth-order valence-electron chi connectivity index (χ4n) is 2.50. The van der Waals surface area contributed by atoms with Crippen molar-refractivity contribution < 1.29 is 14.3 Å². The number of carbonyl (C=O) groups excluding carboxylic acids is 1. The average Bonchev–Trinajstić information content (AvgIpc) is 3.22. The van der Waals surface area contributed by atoms with Crippen LogP contribution in [0, 0.1) is 0 Å². The first-order valence-electron chi connectivity index (χ1n) is 9.09. The van der Waals surface area contributed by atoms with E-state index in [2.05, 4.69) is 10.4 Å². The van der Waals surface area contributed by atoms with Crippen molar-refractivity contribution >= 4 is 23.4 Å². The van der Waals surface area contributed by atoms with Crippen molar-refractivity contribution in [3.05, 3.63) is 67.0 Å². The van der Waals surface area contributed by atoms with E-state index in [1.165, 1.54) is 11.8 Å². The number of rotatable bonds is 10.